The number of nitro benzene ring substituents is 1. The molecule has 0 bridgehead atoms. The lowest BCUT2D eigenvalue weighted by atomic mass is 10.1. The Hall–Kier alpha value is -2.80. The van der Waals surface area contributed by atoms with E-state index in [2.05, 4.69) is 47.2 Å². The highest BCUT2D eigenvalue weighted by molar-refractivity contribution is 7.98. The maximum absolute atomic E-state index is 10.8. The van der Waals surface area contributed by atoms with Gasteiger partial charge in [-0.05, 0) is 49.1 Å². The summed E-state index contributed by atoms with van der Waals surface area (Å²) in [6.07, 6.45) is 2.08. The van der Waals surface area contributed by atoms with Crippen molar-refractivity contribution >= 4 is 39.9 Å². The number of rotatable bonds is 4. The van der Waals surface area contributed by atoms with E-state index < -0.39 is 0 Å². The van der Waals surface area contributed by atoms with Gasteiger partial charge in [-0.25, -0.2) is 4.98 Å². The minimum atomic E-state index is -0.363. The molecule has 1 aliphatic heterocycles. The van der Waals surface area contributed by atoms with Crippen molar-refractivity contribution in [3.05, 3.63) is 64.2 Å². The highest BCUT2D eigenvalue weighted by Gasteiger charge is 2.20. The Bertz CT molecular complexity index is 1010. The molecule has 0 unspecified atom stereocenters. The Balaban J connectivity index is 1.51. The molecule has 0 aliphatic carbocycles. The molecular weight excluding hydrogens is 372 g/mol. The van der Waals surface area contributed by atoms with E-state index in [0.717, 1.165) is 43.2 Å². The van der Waals surface area contributed by atoms with Crippen LogP contribution in [0.4, 0.5) is 17.2 Å². The van der Waals surface area contributed by atoms with Crippen LogP contribution in [-0.2, 0) is 0 Å². The zero-order valence-corrected chi connectivity index (χ0v) is 16.8. The average molecular weight is 395 g/mol. The third-order valence-corrected chi connectivity index (χ3v) is 5.97. The first-order chi connectivity index (χ1) is 13.5. The van der Waals surface area contributed by atoms with E-state index in [9.17, 15) is 10.1 Å². The number of hydrogen-bond acceptors (Lipinski definition) is 6. The zero-order valence-electron chi connectivity index (χ0n) is 16.0. The summed E-state index contributed by atoms with van der Waals surface area (Å²) in [5.41, 5.74) is 3.44. The molecule has 0 spiro atoms. The van der Waals surface area contributed by atoms with Gasteiger partial charge in [-0.15, -0.1) is 11.8 Å². The van der Waals surface area contributed by atoms with Gasteiger partial charge in [-0.2, -0.15) is 0 Å². The molecule has 7 heteroatoms. The molecule has 144 valence electrons. The minimum Gasteiger partial charge on any atom is -0.368 e. The third kappa shape index (κ3) is 3.62. The Kier molecular flexibility index (Phi) is 5.09. The summed E-state index contributed by atoms with van der Waals surface area (Å²) in [6, 6.07) is 15.4. The van der Waals surface area contributed by atoms with Crippen LogP contribution in [0.25, 0.3) is 10.9 Å². The highest BCUT2D eigenvalue weighted by Crippen LogP contribution is 2.28. The summed E-state index contributed by atoms with van der Waals surface area (Å²) >= 11 is 1.73. The van der Waals surface area contributed by atoms with E-state index in [1.165, 1.54) is 15.8 Å². The number of nitrogens with zero attached hydrogens (tertiary/aromatic N) is 4. The van der Waals surface area contributed by atoms with Crippen molar-refractivity contribution in [3.63, 3.8) is 0 Å². The Morgan fingerprint density at radius 3 is 2.32 bits per heavy atom. The van der Waals surface area contributed by atoms with E-state index in [-0.39, 0.29) is 10.6 Å². The standard InChI is InChI=1S/C21H22N4O2S/c1-15-13-21(22-20-14-18(28-2)7-8-19(15)20)24-11-9-23(10-12-24)16-3-5-17(6-4-16)25(26)27/h3-8,13-14H,9-12H2,1-2H3. The summed E-state index contributed by atoms with van der Waals surface area (Å²) in [5, 5.41) is 12.0. The molecule has 1 fully saturated rings. The monoisotopic (exact) mass is 394 g/mol. The molecule has 3 aromatic rings. The van der Waals surface area contributed by atoms with Gasteiger partial charge in [-0.3, -0.25) is 10.1 Å². The number of non-ortho nitro benzene ring substituents is 1. The molecule has 2 heterocycles. The number of benzene rings is 2. The molecule has 0 atom stereocenters. The topological polar surface area (TPSA) is 62.5 Å². The van der Waals surface area contributed by atoms with Crippen LogP contribution in [0.3, 0.4) is 0 Å². The van der Waals surface area contributed by atoms with Crippen LogP contribution >= 0.6 is 11.8 Å². The molecule has 0 saturated carbocycles. The largest absolute Gasteiger partial charge is 0.368 e. The summed E-state index contributed by atoms with van der Waals surface area (Å²) in [7, 11) is 0. The normalized spacial score (nSPS) is 14.5. The van der Waals surface area contributed by atoms with Crippen LogP contribution in [0.2, 0.25) is 0 Å². The zero-order chi connectivity index (χ0) is 19.7. The fourth-order valence-electron chi connectivity index (χ4n) is 3.63. The number of pyridine rings is 1. The Labute approximate surface area is 168 Å². The Morgan fingerprint density at radius 1 is 1.00 bits per heavy atom. The molecular formula is C21H22N4O2S. The predicted molar refractivity (Wildman–Crippen MR) is 116 cm³/mol. The molecule has 0 radical (unpaired) electrons. The van der Waals surface area contributed by atoms with Gasteiger partial charge in [0.25, 0.3) is 5.69 Å². The van der Waals surface area contributed by atoms with E-state index in [4.69, 9.17) is 4.98 Å². The van der Waals surface area contributed by atoms with Crippen molar-refractivity contribution < 1.29 is 4.92 Å². The van der Waals surface area contributed by atoms with E-state index in [0.29, 0.717) is 0 Å². The van der Waals surface area contributed by atoms with Crippen LogP contribution in [0.15, 0.2) is 53.4 Å². The lowest BCUT2D eigenvalue weighted by Crippen LogP contribution is -2.46. The van der Waals surface area contributed by atoms with Crippen LogP contribution in [0.5, 0.6) is 0 Å². The van der Waals surface area contributed by atoms with Gasteiger partial charge >= 0.3 is 0 Å². The van der Waals surface area contributed by atoms with Crippen LogP contribution < -0.4 is 9.80 Å². The SMILES string of the molecule is CSc1ccc2c(C)cc(N3CCN(c4ccc([N+](=O)[O-])cc4)CC3)nc2c1. The lowest BCUT2D eigenvalue weighted by molar-refractivity contribution is -0.384. The van der Waals surface area contributed by atoms with Gasteiger partial charge in [-0.1, -0.05) is 6.07 Å². The van der Waals surface area contributed by atoms with Gasteiger partial charge in [0.2, 0.25) is 0 Å². The third-order valence-electron chi connectivity index (χ3n) is 5.24. The number of aromatic nitrogens is 1. The van der Waals surface area contributed by atoms with Crippen LogP contribution in [0, 0.1) is 17.0 Å². The summed E-state index contributed by atoms with van der Waals surface area (Å²) in [5.74, 6) is 1.02. The molecule has 1 aromatic heterocycles. The van der Waals surface area contributed by atoms with Crippen LogP contribution in [0.1, 0.15) is 5.56 Å². The van der Waals surface area contributed by atoms with Crippen LogP contribution in [-0.4, -0.2) is 42.3 Å². The fourth-order valence-corrected chi connectivity index (χ4v) is 4.07. The van der Waals surface area contributed by atoms with Gasteiger partial charge in [0.15, 0.2) is 0 Å². The number of piperazine rings is 1. The number of hydrogen-bond donors (Lipinski definition) is 0. The average Bonchev–Trinajstić information content (AvgIpc) is 2.73. The first-order valence-corrected chi connectivity index (χ1v) is 10.5. The second kappa shape index (κ2) is 7.67. The molecule has 0 amide bonds. The number of fused-ring (bicyclic) bond motifs is 1. The molecule has 1 saturated heterocycles. The van der Waals surface area contributed by atoms with Gasteiger partial charge in [0, 0.05) is 54.3 Å². The van der Waals surface area contributed by atoms with Crippen molar-refractivity contribution in [2.45, 2.75) is 11.8 Å². The van der Waals surface area contributed by atoms with Crippen molar-refractivity contribution in [2.24, 2.45) is 0 Å². The first kappa shape index (κ1) is 18.6. The van der Waals surface area contributed by atoms with Crippen molar-refractivity contribution in [3.8, 4) is 0 Å². The molecule has 4 rings (SSSR count). The molecule has 0 N–H and O–H groups in total. The molecule has 2 aromatic carbocycles. The van der Waals surface area contributed by atoms with Gasteiger partial charge < -0.3 is 9.80 Å². The molecule has 6 nitrogen and oxygen atoms in total. The fraction of sp³-hybridized carbons (Fsp3) is 0.286. The Morgan fingerprint density at radius 2 is 1.68 bits per heavy atom. The van der Waals surface area contributed by atoms with Crippen molar-refractivity contribution in [2.75, 3.05) is 42.2 Å². The second-order valence-electron chi connectivity index (χ2n) is 6.93. The number of anilines is 2. The maximum Gasteiger partial charge on any atom is 0.269 e. The number of nitro groups is 1. The van der Waals surface area contributed by atoms with Gasteiger partial charge in [0.05, 0.1) is 10.4 Å². The summed E-state index contributed by atoms with van der Waals surface area (Å²) in [4.78, 5) is 21.2. The second-order valence-corrected chi connectivity index (χ2v) is 7.81. The van der Waals surface area contributed by atoms with E-state index in [1.807, 2.05) is 12.1 Å². The smallest absolute Gasteiger partial charge is 0.269 e. The van der Waals surface area contributed by atoms with Gasteiger partial charge in [0.1, 0.15) is 5.82 Å². The number of aryl methyl sites for hydroxylation is 1. The maximum atomic E-state index is 10.8. The predicted octanol–water partition coefficient (Wildman–Crippen LogP) is 4.50. The summed E-state index contributed by atoms with van der Waals surface area (Å²) in [6.45, 7) is 5.61. The molecule has 1 aliphatic rings. The molecule has 28 heavy (non-hydrogen) atoms. The summed E-state index contributed by atoms with van der Waals surface area (Å²) < 4.78 is 0. The quantitative estimate of drug-likeness (QED) is 0.369. The van der Waals surface area contributed by atoms with E-state index in [1.54, 1.807) is 23.9 Å². The lowest BCUT2D eigenvalue weighted by Gasteiger charge is -2.37. The van der Waals surface area contributed by atoms with Crippen molar-refractivity contribution in [1.29, 1.82) is 0 Å². The minimum absolute atomic E-state index is 0.128. The van der Waals surface area contributed by atoms with E-state index >= 15 is 0 Å². The highest BCUT2D eigenvalue weighted by atomic mass is 32.2. The van der Waals surface area contributed by atoms with Crippen molar-refractivity contribution in [1.82, 2.24) is 4.98 Å². The first-order valence-electron chi connectivity index (χ1n) is 9.25. The number of thioether (sulfide) groups is 1.